The maximum absolute atomic E-state index is 13.3. The zero-order valence-corrected chi connectivity index (χ0v) is 12.4. The summed E-state index contributed by atoms with van der Waals surface area (Å²) in [5.74, 6) is -0.389. The highest BCUT2D eigenvalue weighted by Crippen LogP contribution is 2.56. The SMILES string of the molecule is OC(Nc1c[nH]c2ncc(F)cc12)NC1CCC2(CC1)CC2. The lowest BCUT2D eigenvalue weighted by Crippen LogP contribution is -2.44. The fourth-order valence-electron chi connectivity index (χ4n) is 3.58. The van der Waals surface area contributed by atoms with Crippen molar-refractivity contribution in [1.82, 2.24) is 15.3 Å². The first-order valence-electron chi connectivity index (χ1n) is 7.97. The summed E-state index contributed by atoms with van der Waals surface area (Å²) in [5.41, 5.74) is 1.90. The van der Waals surface area contributed by atoms with Crippen molar-refractivity contribution < 1.29 is 9.50 Å². The van der Waals surface area contributed by atoms with E-state index in [0.717, 1.165) is 12.8 Å². The van der Waals surface area contributed by atoms with Crippen LogP contribution in [0.5, 0.6) is 0 Å². The highest BCUT2D eigenvalue weighted by atomic mass is 19.1. The van der Waals surface area contributed by atoms with Gasteiger partial charge in [-0.2, -0.15) is 0 Å². The van der Waals surface area contributed by atoms with Gasteiger partial charge >= 0.3 is 0 Å². The summed E-state index contributed by atoms with van der Waals surface area (Å²) in [5, 5.41) is 17.0. The van der Waals surface area contributed by atoms with Crippen LogP contribution in [0, 0.1) is 11.2 Å². The minimum Gasteiger partial charge on any atom is -0.361 e. The molecule has 2 saturated carbocycles. The third-order valence-corrected chi connectivity index (χ3v) is 5.19. The molecule has 0 saturated heterocycles. The maximum atomic E-state index is 13.3. The van der Waals surface area contributed by atoms with Crippen LogP contribution in [0.3, 0.4) is 0 Å². The van der Waals surface area contributed by atoms with Crippen molar-refractivity contribution in [1.29, 1.82) is 0 Å². The number of halogens is 1. The van der Waals surface area contributed by atoms with Gasteiger partial charge in [0.15, 0.2) is 6.35 Å². The van der Waals surface area contributed by atoms with Crippen LogP contribution in [0.1, 0.15) is 38.5 Å². The summed E-state index contributed by atoms with van der Waals surface area (Å²) in [4.78, 5) is 6.94. The van der Waals surface area contributed by atoms with E-state index in [4.69, 9.17) is 0 Å². The van der Waals surface area contributed by atoms with Gasteiger partial charge in [-0.1, -0.05) is 0 Å². The third kappa shape index (κ3) is 2.68. The van der Waals surface area contributed by atoms with Crippen LogP contribution in [0.2, 0.25) is 0 Å². The Morgan fingerprint density at radius 2 is 2.09 bits per heavy atom. The second-order valence-electron chi connectivity index (χ2n) is 6.74. The van der Waals surface area contributed by atoms with Gasteiger partial charge in [0.1, 0.15) is 11.5 Å². The Kier molecular flexibility index (Phi) is 3.31. The van der Waals surface area contributed by atoms with Gasteiger partial charge in [-0.05, 0) is 50.0 Å². The van der Waals surface area contributed by atoms with Crippen molar-refractivity contribution in [2.75, 3.05) is 5.32 Å². The number of aromatic nitrogens is 2. The van der Waals surface area contributed by atoms with Gasteiger partial charge in [0.05, 0.1) is 11.9 Å². The van der Waals surface area contributed by atoms with E-state index in [9.17, 15) is 9.50 Å². The topological polar surface area (TPSA) is 73.0 Å². The molecule has 0 bridgehead atoms. The van der Waals surface area contributed by atoms with Crippen molar-refractivity contribution in [3.05, 3.63) is 24.3 Å². The van der Waals surface area contributed by atoms with Gasteiger partial charge in [-0.15, -0.1) is 0 Å². The molecular weight excluding hydrogens is 283 g/mol. The third-order valence-electron chi connectivity index (χ3n) is 5.19. The lowest BCUT2D eigenvalue weighted by Gasteiger charge is -2.31. The number of pyridine rings is 1. The molecule has 2 fully saturated rings. The largest absolute Gasteiger partial charge is 0.361 e. The monoisotopic (exact) mass is 304 g/mol. The average Bonchev–Trinajstić information content (AvgIpc) is 3.16. The highest BCUT2D eigenvalue weighted by Gasteiger charge is 2.44. The van der Waals surface area contributed by atoms with Crippen LogP contribution in [0.4, 0.5) is 10.1 Å². The van der Waals surface area contributed by atoms with E-state index in [-0.39, 0.29) is 5.82 Å². The molecule has 118 valence electrons. The summed E-state index contributed by atoms with van der Waals surface area (Å²) in [7, 11) is 0. The summed E-state index contributed by atoms with van der Waals surface area (Å²) in [6.45, 7) is 0. The smallest absolute Gasteiger partial charge is 0.181 e. The van der Waals surface area contributed by atoms with E-state index in [1.165, 1.54) is 37.9 Å². The fourth-order valence-corrected chi connectivity index (χ4v) is 3.58. The number of anilines is 1. The number of nitrogens with zero attached hydrogens (tertiary/aromatic N) is 1. The molecule has 2 aromatic rings. The molecule has 2 aliphatic rings. The predicted molar refractivity (Wildman–Crippen MR) is 82.7 cm³/mol. The Bertz CT molecular complexity index is 672. The molecular formula is C16H21FN4O. The first-order valence-corrected chi connectivity index (χ1v) is 7.97. The number of nitrogens with one attached hydrogen (secondary N) is 3. The van der Waals surface area contributed by atoms with Crippen molar-refractivity contribution in [2.24, 2.45) is 5.41 Å². The van der Waals surface area contributed by atoms with Crippen LogP contribution in [0.15, 0.2) is 18.5 Å². The average molecular weight is 304 g/mol. The van der Waals surface area contributed by atoms with Crippen molar-refractivity contribution in [2.45, 2.75) is 50.9 Å². The summed E-state index contributed by atoms with van der Waals surface area (Å²) < 4.78 is 13.3. The van der Waals surface area contributed by atoms with E-state index in [2.05, 4.69) is 20.6 Å². The van der Waals surface area contributed by atoms with E-state index in [1.54, 1.807) is 6.20 Å². The Morgan fingerprint density at radius 1 is 1.32 bits per heavy atom. The number of H-pyrrole nitrogens is 1. The quantitative estimate of drug-likeness (QED) is 0.655. The number of aliphatic hydroxyl groups is 1. The molecule has 4 N–H and O–H groups in total. The van der Waals surface area contributed by atoms with Crippen molar-refractivity contribution in [3.8, 4) is 0 Å². The molecule has 0 radical (unpaired) electrons. The lowest BCUT2D eigenvalue weighted by atomic mass is 9.83. The van der Waals surface area contributed by atoms with Crippen molar-refractivity contribution >= 4 is 16.7 Å². The van der Waals surface area contributed by atoms with Crippen molar-refractivity contribution in [3.63, 3.8) is 0 Å². The van der Waals surface area contributed by atoms with E-state index < -0.39 is 6.35 Å². The Labute approximate surface area is 128 Å². The number of hydrogen-bond donors (Lipinski definition) is 4. The zero-order chi connectivity index (χ0) is 15.2. The fraction of sp³-hybridized carbons (Fsp3) is 0.562. The molecule has 2 aromatic heterocycles. The standard InChI is InChI=1S/C16H21FN4O/c17-10-7-12-13(9-19-14(12)18-8-10)21-15(22)20-11-1-3-16(4-2-11)5-6-16/h7-9,11,15,20-22H,1-6H2,(H,18,19). The van der Waals surface area contributed by atoms with Crippen LogP contribution >= 0.6 is 0 Å². The first kappa shape index (κ1) is 14.0. The Hall–Kier alpha value is -1.66. The molecule has 1 spiro atoms. The van der Waals surface area contributed by atoms with Gasteiger partial charge < -0.3 is 15.4 Å². The summed E-state index contributed by atoms with van der Waals surface area (Å²) in [6, 6.07) is 1.75. The Morgan fingerprint density at radius 3 is 2.82 bits per heavy atom. The van der Waals surface area contributed by atoms with Gasteiger partial charge in [-0.25, -0.2) is 9.37 Å². The normalized spacial score (nSPS) is 22.1. The second kappa shape index (κ2) is 5.21. The zero-order valence-electron chi connectivity index (χ0n) is 12.4. The molecule has 0 aromatic carbocycles. The minimum atomic E-state index is -0.847. The van der Waals surface area contributed by atoms with Gasteiger partial charge in [0.2, 0.25) is 0 Å². The highest BCUT2D eigenvalue weighted by molar-refractivity contribution is 5.89. The molecule has 5 nitrogen and oxygen atoms in total. The number of rotatable bonds is 4. The molecule has 0 amide bonds. The molecule has 1 unspecified atom stereocenters. The predicted octanol–water partition coefficient (Wildman–Crippen LogP) is 2.70. The molecule has 1 atom stereocenters. The van der Waals surface area contributed by atoms with Crippen LogP contribution in [-0.4, -0.2) is 27.5 Å². The van der Waals surface area contributed by atoms with E-state index in [0.29, 0.717) is 28.2 Å². The molecule has 2 heterocycles. The van der Waals surface area contributed by atoms with Crippen LogP contribution in [-0.2, 0) is 0 Å². The summed E-state index contributed by atoms with van der Waals surface area (Å²) >= 11 is 0. The van der Waals surface area contributed by atoms with E-state index in [1.807, 2.05) is 0 Å². The first-order chi connectivity index (χ1) is 10.6. The molecule has 2 aliphatic carbocycles. The summed E-state index contributed by atoms with van der Waals surface area (Å²) in [6.07, 6.45) is 9.54. The number of aromatic amines is 1. The Balaban J connectivity index is 1.38. The number of fused-ring (bicyclic) bond motifs is 1. The number of hydrogen-bond acceptors (Lipinski definition) is 4. The van der Waals surface area contributed by atoms with Gasteiger partial charge in [0, 0.05) is 17.6 Å². The van der Waals surface area contributed by atoms with Crippen LogP contribution < -0.4 is 10.6 Å². The van der Waals surface area contributed by atoms with E-state index >= 15 is 0 Å². The second-order valence-corrected chi connectivity index (χ2v) is 6.74. The molecule has 6 heteroatoms. The van der Waals surface area contributed by atoms with Gasteiger partial charge in [-0.3, -0.25) is 5.32 Å². The molecule has 0 aliphatic heterocycles. The minimum absolute atomic E-state index is 0.341. The number of aliphatic hydroxyl groups excluding tert-OH is 1. The van der Waals surface area contributed by atoms with Gasteiger partial charge in [0.25, 0.3) is 0 Å². The van der Waals surface area contributed by atoms with Crippen LogP contribution in [0.25, 0.3) is 11.0 Å². The molecule has 4 rings (SSSR count). The molecule has 22 heavy (non-hydrogen) atoms. The lowest BCUT2D eigenvalue weighted by molar-refractivity contribution is 0.129. The maximum Gasteiger partial charge on any atom is 0.181 e.